The minimum Gasteiger partial charge on any atom is -0.455 e. The quantitative estimate of drug-likeness (QED) is 0.169. The first kappa shape index (κ1) is 32.5. The number of furan rings is 1. The van der Waals surface area contributed by atoms with Crippen molar-refractivity contribution in [1.82, 2.24) is 0 Å². The first-order chi connectivity index (χ1) is 27.5. The van der Waals surface area contributed by atoms with Gasteiger partial charge in [-0.25, -0.2) is 0 Å². The Morgan fingerprint density at radius 1 is 0.375 bits per heavy atom. The lowest BCUT2D eigenvalue weighted by molar-refractivity contribution is 0.674. The molecule has 2 heterocycles. The molecule has 0 saturated heterocycles. The van der Waals surface area contributed by atoms with Gasteiger partial charge in [0, 0.05) is 60.4 Å². The zero-order chi connectivity index (χ0) is 37.3. The van der Waals surface area contributed by atoms with Gasteiger partial charge >= 0.3 is 0 Å². The molecule has 0 aliphatic carbocycles. The minimum absolute atomic E-state index is 0.906. The SMILES string of the molecule is Cc1cccc(N(c2ccccc2)c2ccc3cc4c(cc3c2)oc2c4ccc3c4cc5ccc(N(c6ccccc6)c6cccc(C)c6)cc5cc4sc32)c1. The van der Waals surface area contributed by atoms with Gasteiger partial charge in [-0.2, -0.15) is 0 Å². The summed E-state index contributed by atoms with van der Waals surface area (Å²) in [6.07, 6.45) is 0. The molecular weight excluding hydrogens is 701 g/mol. The Kier molecular flexibility index (Phi) is 7.48. The highest BCUT2D eigenvalue weighted by molar-refractivity contribution is 7.26. The lowest BCUT2D eigenvalue weighted by Gasteiger charge is -2.26. The average molecular weight is 737 g/mol. The molecule has 0 N–H and O–H groups in total. The minimum atomic E-state index is 0.906. The number of benzene rings is 9. The zero-order valence-corrected chi connectivity index (χ0v) is 31.8. The van der Waals surface area contributed by atoms with Crippen molar-refractivity contribution in [1.29, 1.82) is 0 Å². The number of rotatable bonds is 6. The molecule has 0 aliphatic heterocycles. The largest absolute Gasteiger partial charge is 0.455 e. The highest BCUT2D eigenvalue weighted by Crippen LogP contribution is 2.45. The standard InChI is InChI=1S/C52H36N2OS/c1-33-11-9-17-41(25-33)53(39-13-5-3-6-14-39)43-21-19-35-29-47-45-23-24-46-48-30-36-20-22-44(54(40-15-7-4-8-16-40)42-18-10-12-34(2)26-42)28-38(36)32-50(48)56-52(46)51(45)55-49(47)31-37(35)27-43/h3-32H,1-2H3. The number of aryl methyl sites for hydroxylation is 2. The van der Waals surface area contributed by atoms with Crippen molar-refractivity contribution >= 4 is 109 Å². The Morgan fingerprint density at radius 3 is 1.48 bits per heavy atom. The normalized spacial score (nSPS) is 11.8. The smallest absolute Gasteiger partial charge is 0.153 e. The maximum Gasteiger partial charge on any atom is 0.153 e. The Bertz CT molecular complexity index is 3070. The Hall–Kier alpha value is -6.88. The highest BCUT2D eigenvalue weighted by atomic mass is 32.1. The van der Waals surface area contributed by atoms with E-state index in [9.17, 15) is 0 Å². The molecule has 2 aromatic heterocycles. The van der Waals surface area contributed by atoms with Gasteiger partial charge in [0.05, 0.1) is 4.70 Å². The van der Waals surface area contributed by atoms with Crippen molar-refractivity contribution in [2.45, 2.75) is 13.8 Å². The lowest BCUT2D eigenvalue weighted by Crippen LogP contribution is -2.09. The first-order valence-electron chi connectivity index (χ1n) is 19.1. The van der Waals surface area contributed by atoms with Crippen LogP contribution in [-0.2, 0) is 0 Å². The van der Waals surface area contributed by atoms with E-state index in [4.69, 9.17) is 4.42 Å². The first-order valence-corrected chi connectivity index (χ1v) is 19.9. The highest BCUT2D eigenvalue weighted by Gasteiger charge is 2.19. The van der Waals surface area contributed by atoms with E-state index in [1.54, 1.807) is 0 Å². The molecule has 0 amide bonds. The Balaban J connectivity index is 1.03. The fourth-order valence-corrected chi connectivity index (χ4v) is 9.61. The summed E-state index contributed by atoms with van der Waals surface area (Å²) >= 11 is 1.82. The van der Waals surface area contributed by atoms with E-state index in [1.807, 2.05) is 11.3 Å². The summed E-state index contributed by atoms with van der Waals surface area (Å²) in [5.41, 5.74) is 11.1. The van der Waals surface area contributed by atoms with E-state index in [-0.39, 0.29) is 0 Å². The predicted molar refractivity (Wildman–Crippen MR) is 240 cm³/mol. The van der Waals surface area contributed by atoms with Crippen LogP contribution in [0.3, 0.4) is 0 Å². The predicted octanol–water partition coefficient (Wildman–Crippen LogP) is 15.8. The van der Waals surface area contributed by atoms with Crippen molar-refractivity contribution in [3.05, 3.63) is 193 Å². The molecule has 0 saturated carbocycles. The monoisotopic (exact) mass is 736 g/mol. The van der Waals surface area contributed by atoms with Gasteiger partial charge in [-0.3, -0.25) is 0 Å². The number of thiophene rings is 1. The Morgan fingerprint density at radius 2 is 0.893 bits per heavy atom. The van der Waals surface area contributed by atoms with Gasteiger partial charge < -0.3 is 14.2 Å². The summed E-state index contributed by atoms with van der Waals surface area (Å²) in [5, 5.41) is 9.56. The summed E-state index contributed by atoms with van der Waals surface area (Å²) in [6, 6.07) is 65.9. The van der Waals surface area contributed by atoms with Crippen LogP contribution in [0.25, 0.3) is 63.7 Å². The fourth-order valence-electron chi connectivity index (χ4n) is 8.39. The van der Waals surface area contributed by atoms with Gasteiger partial charge in [-0.15, -0.1) is 11.3 Å². The van der Waals surface area contributed by atoms with Crippen LogP contribution in [0.5, 0.6) is 0 Å². The number of fused-ring (bicyclic) bond motifs is 9. The van der Waals surface area contributed by atoms with Gasteiger partial charge in [-0.1, -0.05) is 78.9 Å². The van der Waals surface area contributed by atoms with Crippen molar-refractivity contribution < 1.29 is 4.42 Å². The number of hydrogen-bond donors (Lipinski definition) is 0. The molecule has 4 heteroatoms. The van der Waals surface area contributed by atoms with Crippen LogP contribution >= 0.6 is 11.3 Å². The van der Waals surface area contributed by atoms with E-state index in [0.717, 1.165) is 61.4 Å². The second kappa shape index (κ2) is 12.9. The Labute approximate surface area is 328 Å². The third-order valence-electron chi connectivity index (χ3n) is 11.0. The zero-order valence-electron chi connectivity index (χ0n) is 31.0. The van der Waals surface area contributed by atoms with Crippen LogP contribution in [-0.4, -0.2) is 0 Å². The van der Waals surface area contributed by atoms with Crippen LogP contribution in [0.2, 0.25) is 0 Å². The molecule has 0 fully saturated rings. The summed E-state index contributed by atoms with van der Waals surface area (Å²) in [6.45, 7) is 4.29. The van der Waals surface area contributed by atoms with Crippen molar-refractivity contribution in [3.8, 4) is 0 Å². The fraction of sp³-hybridized carbons (Fsp3) is 0.0385. The number of hydrogen-bond acceptors (Lipinski definition) is 4. The molecule has 0 unspecified atom stereocenters. The van der Waals surface area contributed by atoms with Gasteiger partial charge in [0.2, 0.25) is 0 Å². The van der Waals surface area contributed by atoms with Gasteiger partial charge in [-0.05, 0) is 150 Å². The lowest BCUT2D eigenvalue weighted by atomic mass is 10.0. The number of nitrogens with zero attached hydrogens (tertiary/aromatic N) is 2. The number of para-hydroxylation sites is 2. The van der Waals surface area contributed by atoms with E-state index in [0.29, 0.717) is 0 Å². The van der Waals surface area contributed by atoms with E-state index < -0.39 is 0 Å². The van der Waals surface area contributed by atoms with Crippen molar-refractivity contribution in [3.63, 3.8) is 0 Å². The molecule has 9 aromatic carbocycles. The molecule has 266 valence electrons. The van der Waals surface area contributed by atoms with E-state index in [2.05, 4.69) is 206 Å². The van der Waals surface area contributed by atoms with Crippen LogP contribution < -0.4 is 9.80 Å². The third kappa shape index (κ3) is 5.41. The molecule has 0 spiro atoms. The topological polar surface area (TPSA) is 19.6 Å². The summed E-state index contributed by atoms with van der Waals surface area (Å²) < 4.78 is 9.28. The molecule has 0 bridgehead atoms. The van der Waals surface area contributed by atoms with Gasteiger partial charge in [0.15, 0.2) is 5.58 Å². The van der Waals surface area contributed by atoms with Gasteiger partial charge in [0.25, 0.3) is 0 Å². The second-order valence-electron chi connectivity index (χ2n) is 14.8. The average Bonchev–Trinajstić information content (AvgIpc) is 3.77. The van der Waals surface area contributed by atoms with Crippen LogP contribution in [0, 0.1) is 13.8 Å². The van der Waals surface area contributed by atoms with Gasteiger partial charge in [0.1, 0.15) is 5.58 Å². The molecule has 0 aliphatic rings. The van der Waals surface area contributed by atoms with Crippen LogP contribution in [0.4, 0.5) is 34.1 Å². The maximum atomic E-state index is 6.83. The second-order valence-corrected chi connectivity index (χ2v) is 15.9. The molecular formula is C52H36N2OS. The summed E-state index contributed by atoms with van der Waals surface area (Å²) in [5.74, 6) is 0. The molecule has 3 nitrogen and oxygen atoms in total. The molecule has 56 heavy (non-hydrogen) atoms. The molecule has 11 aromatic rings. The molecule has 0 radical (unpaired) electrons. The molecule has 11 rings (SSSR count). The number of anilines is 6. The van der Waals surface area contributed by atoms with Crippen LogP contribution in [0.1, 0.15) is 11.1 Å². The van der Waals surface area contributed by atoms with E-state index in [1.165, 1.54) is 47.5 Å². The third-order valence-corrected chi connectivity index (χ3v) is 12.2. The van der Waals surface area contributed by atoms with Crippen molar-refractivity contribution in [2.24, 2.45) is 0 Å². The van der Waals surface area contributed by atoms with Crippen molar-refractivity contribution in [2.75, 3.05) is 9.80 Å². The van der Waals surface area contributed by atoms with E-state index >= 15 is 0 Å². The maximum absolute atomic E-state index is 6.83. The summed E-state index contributed by atoms with van der Waals surface area (Å²) in [7, 11) is 0. The molecule has 0 atom stereocenters. The summed E-state index contributed by atoms with van der Waals surface area (Å²) in [4.78, 5) is 4.67. The van der Waals surface area contributed by atoms with Crippen LogP contribution in [0.15, 0.2) is 186 Å².